The van der Waals surface area contributed by atoms with Gasteiger partial charge >= 0.3 is 0 Å². The van der Waals surface area contributed by atoms with Crippen LogP contribution in [0, 0.1) is 0 Å². The van der Waals surface area contributed by atoms with Crippen molar-refractivity contribution in [2.24, 2.45) is 7.05 Å². The molecule has 0 aromatic carbocycles. The number of rotatable bonds is 7. The standard InChI is InChI=1S/C14H27N5/c1-18(14-7-4-3-5-8-14)10-6-9-15-11-13-12-19(2)17-16-13/h12,14-15H,3-11H2,1-2H3. The minimum Gasteiger partial charge on any atom is -0.311 e. The van der Waals surface area contributed by atoms with E-state index in [2.05, 4.69) is 27.6 Å². The highest BCUT2D eigenvalue weighted by molar-refractivity contribution is 4.90. The minimum atomic E-state index is 0.820. The van der Waals surface area contributed by atoms with Gasteiger partial charge in [-0.2, -0.15) is 0 Å². The van der Waals surface area contributed by atoms with E-state index in [0.717, 1.165) is 24.8 Å². The summed E-state index contributed by atoms with van der Waals surface area (Å²) in [7, 11) is 4.17. The van der Waals surface area contributed by atoms with Crippen LogP contribution in [0.1, 0.15) is 44.2 Å². The predicted octanol–water partition coefficient (Wildman–Crippen LogP) is 1.56. The van der Waals surface area contributed by atoms with Crippen molar-refractivity contribution >= 4 is 0 Å². The van der Waals surface area contributed by atoms with Gasteiger partial charge in [0.1, 0.15) is 0 Å². The maximum atomic E-state index is 4.06. The molecule has 1 aliphatic carbocycles. The molecular weight excluding hydrogens is 238 g/mol. The Labute approximate surface area is 116 Å². The Morgan fingerprint density at radius 3 is 2.84 bits per heavy atom. The van der Waals surface area contributed by atoms with Crippen LogP contribution in [0.5, 0.6) is 0 Å². The Balaban J connectivity index is 1.53. The van der Waals surface area contributed by atoms with Crippen molar-refractivity contribution in [1.82, 2.24) is 25.2 Å². The molecule has 5 heteroatoms. The zero-order valence-corrected chi connectivity index (χ0v) is 12.3. The smallest absolute Gasteiger partial charge is 0.0964 e. The van der Waals surface area contributed by atoms with Crippen molar-refractivity contribution in [3.63, 3.8) is 0 Å². The monoisotopic (exact) mass is 265 g/mol. The number of nitrogens with zero attached hydrogens (tertiary/aromatic N) is 4. The maximum Gasteiger partial charge on any atom is 0.0964 e. The molecule has 0 amide bonds. The van der Waals surface area contributed by atoms with Gasteiger partial charge in [-0.3, -0.25) is 4.68 Å². The third-order valence-electron chi connectivity index (χ3n) is 4.02. The molecule has 1 aromatic heterocycles. The minimum absolute atomic E-state index is 0.820. The van der Waals surface area contributed by atoms with Gasteiger partial charge in [-0.15, -0.1) is 5.10 Å². The molecule has 1 aromatic rings. The summed E-state index contributed by atoms with van der Waals surface area (Å²) in [6.45, 7) is 3.06. The fraction of sp³-hybridized carbons (Fsp3) is 0.857. The molecule has 1 saturated carbocycles. The van der Waals surface area contributed by atoms with Gasteiger partial charge in [0.05, 0.1) is 5.69 Å². The molecule has 5 nitrogen and oxygen atoms in total. The van der Waals surface area contributed by atoms with Crippen LogP contribution >= 0.6 is 0 Å². The zero-order chi connectivity index (χ0) is 13.5. The molecular formula is C14H27N5. The molecule has 1 heterocycles. The molecule has 1 fully saturated rings. The number of hydrogen-bond acceptors (Lipinski definition) is 4. The van der Waals surface area contributed by atoms with E-state index in [0.29, 0.717) is 0 Å². The van der Waals surface area contributed by atoms with E-state index in [-0.39, 0.29) is 0 Å². The van der Waals surface area contributed by atoms with Gasteiger partial charge in [0.15, 0.2) is 0 Å². The summed E-state index contributed by atoms with van der Waals surface area (Å²) in [5.41, 5.74) is 1.02. The van der Waals surface area contributed by atoms with E-state index in [1.165, 1.54) is 45.1 Å². The second kappa shape index (κ2) is 7.60. The molecule has 0 atom stereocenters. The van der Waals surface area contributed by atoms with E-state index in [1.807, 2.05) is 13.2 Å². The Hall–Kier alpha value is -0.940. The third-order valence-corrected chi connectivity index (χ3v) is 4.02. The first-order valence-corrected chi connectivity index (χ1v) is 7.52. The number of aryl methyl sites for hydroxylation is 1. The number of nitrogens with one attached hydrogen (secondary N) is 1. The number of aromatic nitrogens is 3. The van der Waals surface area contributed by atoms with Crippen molar-refractivity contribution in [1.29, 1.82) is 0 Å². The van der Waals surface area contributed by atoms with Crippen LogP contribution in [0.2, 0.25) is 0 Å². The molecule has 2 rings (SSSR count). The lowest BCUT2D eigenvalue weighted by Crippen LogP contribution is -2.35. The molecule has 0 unspecified atom stereocenters. The SMILES string of the molecule is CN(CCCNCc1cn(C)nn1)C1CCCCC1. The van der Waals surface area contributed by atoms with Gasteiger partial charge in [-0.25, -0.2) is 0 Å². The lowest BCUT2D eigenvalue weighted by atomic mass is 9.94. The highest BCUT2D eigenvalue weighted by Crippen LogP contribution is 2.21. The van der Waals surface area contributed by atoms with Gasteiger partial charge in [0, 0.05) is 25.8 Å². The van der Waals surface area contributed by atoms with Crippen LogP contribution in [0.4, 0.5) is 0 Å². The van der Waals surface area contributed by atoms with Crippen molar-refractivity contribution in [2.45, 2.75) is 51.1 Å². The van der Waals surface area contributed by atoms with Gasteiger partial charge < -0.3 is 10.2 Å². The van der Waals surface area contributed by atoms with Crippen LogP contribution in [0.25, 0.3) is 0 Å². The Kier molecular flexibility index (Phi) is 5.79. The Morgan fingerprint density at radius 1 is 1.37 bits per heavy atom. The molecule has 108 valence electrons. The van der Waals surface area contributed by atoms with E-state index in [1.54, 1.807) is 4.68 Å². The lowest BCUT2D eigenvalue weighted by molar-refractivity contribution is 0.189. The first kappa shape index (κ1) is 14.5. The number of hydrogen-bond donors (Lipinski definition) is 1. The molecule has 0 bridgehead atoms. The van der Waals surface area contributed by atoms with Crippen LogP contribution in [-0.2, 0) is 13.6 Å². The average Bonchev–Trinajstić information content (AvgIpc) is 2.85. The van der Waals surface area contributed by atoms with Crippen molar-refractivity contribution in [3.8, 4) is 0 Å². The van der Waals surface area contributed by atoms with Gasteiger partial charge in [0.2, 0.25) is 0 Å². The summed E-state index contributed by atoms with van der Waals surface area (Å²) in [6, 6.07) is 0.828. The molecule has 19 heavy (non-hydrogen) atoms. The highest BCUT2D eigenvalue weighted by Gasteiger charge is 2.16. The second-order valence-electron chi connectivity index (χ2n) is 5.69. The lowest BCUT2D eigenvalue weighted by Gasteiger charge is -2.31. The summed E-state index contributed by atoms with van der Waals surface area (Å²) in [4.78, 5) is 2.54. The van der Waals surface area contributed by atoms with Crippen LogP contribution < -0.4 is 5.32 Å². The van der Waals surface area contributed by atoms with Gasteiger partial charge in [-0.05, 0) is 39.4 Å². The zero-order valence-electron chi connectivity index (χ0n) is 12.3. The Morgan fingerprint density at radius 2 is 2.16 bits per heavy atom. The largest absolute Gasteiger partial charge is 0.311 e. The quantitative estimate of drug-likeness (QED) is 0.760. The van der Waals surface area contributed by atoms with Crippen molar-refractivity contribution in [3.05, 3.63) is 11.9 Å². The highest BCUT2D eigenvalue weighted by atomic mass is 15.4. The van der Waals surface area contributed by atoms with Crippen molar-refractivity contribution in [2.75, 3.05) is 20.1 Å². The normalized spacial score (nSPS) is 17.2. The fourth-order valence-electron chi connectivity index (χ4n) is 2.85. The third kappa shape index (κ3) is 4.91. The molecule has 0 spiro atoms. The summed E-state index contributed by atoms with van der Waals surface area (Å²) in [5, 5.41) is 11.4. The first-order valence-electron chi connectivity index (χ1n) is 7.52. The molecule has 0 aliphatic heterocycles. The average molecular weight is 265 g/mol. The fourth-order valence-corrected chi connectivity index (χ4v) is 2.85. The van der Waals surface area contributed by atoms with Crippen LogP contribution in [-0.4, -0.2) is 46.1 Å². The van der Waals surface area contributed by atoms with Crippen LogP contribution in [0.3, 0.4) is 0 Å². The predicted molar refractivity (Wildman–Crippen MR) is 76.8 cm³/mol. The van der Waals surface area contributed by atoms with E-state index in [9.17, 15) is 0 Å². The molecule has 0 saturated heterocycles. The van der Waals surface area contributed by atoms with Gasteiger partial charge in [-0.1, -0.05) is 24.5 Å². The summed E-state index contributed by atoms with van der Waals surface area (Å²) < 4.78 is 1.74. The summed E-state index contributed by atoms with van der Waals surface area (Å²) in [5.74, 6) is 0. The van der Waals surface area contributed by atoms with E-state index >= 15 is 0 Å². The van der Waals surface area contributed by atoms with Gasteiger partial charge in [0.25, 0.3) is 0 Å². The topological polar surface area (TPSA) is 46.0 Å². The van der Waals surface area contributed by atoms with E-state index in [4.69, 9.17) is 0 Å². The summed E-state index contributed by atoms with van der Waals surface area (Å²) in [6.07, 6.45) is 10.2. The molecule has 1 aliphatic rings. The van der Waals surface area contributed by atoms with Crippen molar-refractivity contribution < 1.29 is 0 Å². The summed E-state index contributed by atoms with van der Waals surface area (Å²) >= 11 is 0. The molecule has 1 N–H and O–H groups in total. The maximum absolute atomic E-state index is 4.06. The van der Waals surface area contributed by atoms with Crippen LogP contribution in [0.15, 0.2) is 6.20 Å². The van der Waals surface area contributed by atoms with E-state index < -0.39 is 0 Å². The Bertz CT molecular complexity index is 356. The molecule has 0 radical (unpaired) electrons. The second-order valence-corrected chi connectivity index (χ2v) is 5.69. The first-order chi connectivity index (χ1) is 9.25.